The lowest BCUT2D eigenvalue weighted by Gasteiger charge is -2.18. The fourth-order valence-electron chi connectivity index (χ4n) is 6.80. The van der Waals surface area contributed by atoms with E-state index in [1.807, 2.05) is 0 Å². The molecule has 0 spiro atoms. The van der Waals surface area contributed by atoms with Gasteiger partial charge in [0.05, 0.1) is 0 Å². The summed E-state index contributed by atoms with van der Waals surface area (Å²) in [5.41, 5.74) is 0. The molecule has 0 amide bonds. The van der Waals surface area contributed by atoms with E-state index in [0.29, 0.717) is 19.3 Å². The molecular formula is C46H88O6. The fourth-order valence-corrected chi connectivity index (χ4v) is 6.80. The van der Waals surface area contributed by atoms with Crippen LogP contribution in [0.3, 0.4) is 0 Å². The van der Waals surface area contributed by atoms with Crippen LogP contribution in [-0.4, -0.2) is 37.2 Å². The van der Waals surface area contributed by atoms with Crippen molar-refractivity contribution in [2.24, 2.45) is 5.92 Å². The number of hydrogen-bond donors (Lipinski definition) is 0. The third-order valence-corrected chi connectivity index (χ3v) is 10.3. The summed E-state index contributed by atoms with van der Waals surface area (Å²) >= 11 is 0. The summed E-state index contributed by atoms with van der Waals surface area (Å²) in [5.74, 6) is -0.0958. The average molecular weight is 737 g/mol. The van der Waals surface area contributed by atoms with Crippen LogP contribution < -0.4 is 0 Å². The third kappa shape index (κ3) is 39.6. The minimum atomic E-state index is -0.759. The molecule has 308 valence electrons. The summed E-state index contributed by atoms with van der Waals surface area (Å²) in [6.45, 7) is 8.92. The van der Waals surface area contributed by atoms with E-state index in [0.717, 1.165) is 63.7 Å². The average Bonchev–Trinajstić information content (AvgIpc) is 3.12. The van der Waals surface area contributed by atoms with Crippen LogP contribution in [0.5, 0.6) is 0 Å². The second-order valence-corrected chi connectivity index (χ2v) is 16.2. The van der Waals surface area contributed by atoms with Crippen molar-refractivity contribution in [2.45, 2.75) is 259 Å². The van der Waals surface area contributed by atoms with Crippen molar-refractivity contribution in [3.05, 3.63) is 0 Å². The van der Waals surface area contributed by atoms with Crippen molar-refractivity contribution in [2.75, 3.05) is 13.2 Å². The topological polar surface area (TPSA) is 78.9 Å². The predicted molar refractivity (Wildman–Crippen MR) is 220 cm³/mol. The lowest BCUT2D eigenvalue weighted by atomic mass is 10.0. The van der Waals surface area contributed by atoms with Gasteiger partial charge < -0.3 is 14.2 Å². The third-order valence-electron chi connectivity index (χ3n) is 10.3. The number of ether oxygens (including phenoxy) is 3. The zero-order valence-electron chi connectivity index (χ0n) is 35.3. The Morgan fingerprint density at radius 1 is 0.365 bits per heavy atom. The predicted octanol–water partition coefficient (Wildman–Crippen LogP) is 14.3. The summed E-state index contributed by atoms with van der Waals surface area (Å²) < 4.78 is 16.7. The smallest absolute Gasteiger partial charge is 0.306 e. The maximum Gasteiger partial charge on any atom is 0.306 e. The lowest BCUT2D eigenvalue weighted by Crippen LogP contribution is -2.30. The van der Waals surface area contributed by atoms with Gasteiger partial charge in [0.2, 0.25) is 0 Å². The number of hydrogen-bond acceptors (Lipinski definition) is 6. The maximum absolute atomic E-state index is 12.7. The fraction of sp³-hybridized carbons (Fsp3) is 0.935. The van der Waals surface area contributed by atoms with Crippen LogP contribution in [0.25, 0.3) is 0 Å². The van der Waals surface area contributed by atoms with Crippen LogP contribution in [0.4, 0.5) is 0 Å². The van der Waals surface area contributed by atoms with E-state index < -0.39 is 6.10 Å². The second kappa shape index (κ2) is 40.6. The van der Waals surface area contributed by atoms with E-state index in [9.17, 15) is 14.4 Å². The van der Waals surface area contributed by atoms with E-state index in [-0.39, 0.29) is 31.1 Å². The summed E-state index contributed by atoms with van der Waals surface area (Å²) in [7, 11) is 0. The van der Waals surface area contributed by atoms with Crippen LogP contribution in [0.15, 0.2) is 0 Å². The van der Waals surface area contributed by atoms with Crippen LogP contribution in [0, 0.1) is 5.92 Å². The zero-order chi connectivity index (χ0) is 38.2. The Labute approximate surface area is 323 Å². The van der Waals surface area contributed by atoms with E-state index in [4.69, 9.17) is 14.2 Å². The zero-order valence-corrected chi connectivity index (χ0v) is 35.3. The van der Waals surface area contributed by atoms with E-state index in [1.165, 1.54) is 148 Å². The molecule has 0 heterocycles. The number of carbonyl (C=O) groups excluding carboxylic acids is 3. The van der Waals surface area contributed by atoms with Crippen molar-refractivity contribution in [1.82, 2.24) is 0 Å². The first-order valence-corrected chi connectivity index (χ1v) is 22.9. The van der Waals surface area contributed by atoms with Crippen molar-refractivity contribution >= 4 is 17.9 Å². The molecule has 0 bridgehead atoms. The van der Waals surface area contributed by atoms with Gasteiger partial charge in [0.15, 0.2) is 6.10 Å². The highest BCUT2D eigenvalue weighted by Gasteiger charge is 2.19. The van der Waals surface area contributed by atoms with Crippen LogP contribution >= 0.6 is 0 Å². The molecule has 1 atom stereocenters. The van der Waals surface area contributed by atoms with Gasteiger partial charge in [0.25, 0.3) is 0 Å². The van der Waals surface area contributed by atoms with Gasteiger partial charge in [-0.25, -0.2) is 0 Å². The Bertz CT molecular complexity index is 781. The molecule has 6 heteroatoms. The molecule has 0 saturated heterocycles. The highest BCUT2D eigenvalue weighted by molar-refractivity contribution is 5.71. The van der Waals surface area contributed by atoms with Crippen molar-refractivity contribution in [3.8, 4) is 0 Å². The first-order chi connectivity index (χ1) is 25.4. The normalized spacial score (nSPS) is 11.9. The molecule has 0 aliphatic heterocycles. The van der Waals surface area contributed by atoms with Crippen LogP contribution in [-0.2, 0) is 28.6 Å². The van der Waals surface area contributed by atoms with E-state index in [2.05, 4.69) is 27.7 Å². The molecule has 0 unspecified atom stereocenters. The highest BCUT2D eigenvalue weighted by atomic mass is 16.6. The number of unbranched alkanes of at least 4 members (excludes halogenated alkanes) is 28. The molecule has 0 fully saturated rings. The maximum atomic E-state index is 12.7. The van der Waals surface area contributed by atoms with Gasteiger partial charge in [-0.15, -0.1) is 0 Å². The van der Waals surface area contributed by atoms with Gasteiger partial charge >= 0.3 is 17.9 Å². The molecule has 0 radical (unpaired) electrons. The largest absolute Gasteiger partial charge is 0.462 e. The van der Waals surface area contributed by atoms with Gasteiger partial charge in [-0.1, -0.05) is 214 Å². The molecule has 0 saturated carbocycles. The quantitative estimate of drug-likeness (QED) is 0.0353. The summed E-state index contributed by atoms with van der Waals surface area (Å²) in [6.07, 6.45) is 39.5. The Morgan fingerprint density at radius 3 is 0.942 bits per heavy atom. The Balaban J connectivity index is 4.30. The van der Waals surface area contributed by atoms with E-state index in [1.54, 1.807) is 0 Å². The SMILES string of the molecule is CCCCCCCCCCCCCCCCCC(=O)O[C@H](COC(=O)CCCCCCCCCCCC)COC(=O)CCCCCCCCC(C)C. The van der Waals surface area contributed by atoms with Gasteiger partial charge in [-0.05, 0) is 25.2 Å². The Morgan fingerprint density at radius 2 is 0.635 bits per heavy atom. The van der Waals surface area contributed by atoms with Crippen molar-refractivity contribution < 1.29 is 28.6 Å². The summed E-state index contributed by atoms with van der Waals surface area (Å²) in [4.78, 5) is 37.6. The molecule has 0 aliphatic carbocycles. The van der Waals surface area contributed by atoms with Crippen molar-refractivity contribution in [1.29, 1.82) is 0 Å². The number of esters is 3. The van der Waals surface area contributed by atoms with Crippen molar-refractivity contribution in [3.63, 3.8) is 0 Å². The Kier molecular flexibility index (Phi) is 39.4. The second-order valence-electron chi connectivity index (χ2n) is 16.2. The molecule has 52 heavy (non-hydrogen) atoms. The molecule has 0 aliphatic rings. The highest BCUT2D eigenvalue weighted by Crippen LogP contribution is 2.16. The molecule has 6 nitrogen and oxygen atoms in total. The molecular weight excluding hydrogens is 648 g/mol. The number of carbonyl (C=O) groups is 3. The monoisotopic (exact) mass is 737 g/mol. The molecule has 0 N–H and O–H groups in total. The number of rotatable bonds is 41. The molecule has 0 aromatic rings. The minimum absolute atomic E-state index is 0.0646. The summed E-state index contributed by atoms with van der Waals surface area (Å²) in [6, 6.07) is 0. The molecule has 0 rings (SSSR count). The first-order valence-electron chi connectivity index (χ1n) is 22.9. The van der Waals surface area contributed by atoms with Crippen LogP contribution in [0.1, 0.15) is 252 Å². The van der Waals surface area contributed by atoms with Gasteiger partial charge in [0, 0.05) is 19.3 Å². The van der Waals surface area contributed by atoms with Gasteiger partial charge in [0.1, 0.15) is 13.2 Å². The molecule has 0 aromatic carbocycles. The molecule has 0 aromatic heterocycles. The minimum Gasteiger partial charge on any atom is -0.462 e. The summed E-state index contributed by atoms with van der Waals surface area (Å²) in [5, 5.41) is 0. The van der Waals surface area contributed by atoms with Gasteiger partial charge in [-0.2, -0.15) is 0 Å². The standard InChI is InChI=1S/C46H88O6/c1-5-7-9-11-13-15-17-18-19-20-21-23-25-31-35-39-46(49)52-43(41-51-45(48)38-34-30-27-26-28-32-36-42(3)4)40-50-44(47)37-33-29-24-22-16-14-12-10-8-6-2/h42-43H,5-41H2,1-4H3/t43-/m1/s1. The van der Waals surface area contributed by atoms with E-state index >= 15 is 0 Å². The van der Waals surface area contributed by atoms with Crippen LogP contribution in [0.2, 0.25) is 0 Å². The lowest BCUT2D eigenvalue weighted by molar-refractivity contribution is -0.167. The first kappa shape index (κ1) is 50.4. The Hall–Kier alpha value is -1.59. The van der Waals surface area contributed by atoms with Gasteiger partial charge in [-0.3, -0.25) is 14.4 Å².